The van der Waals surface area contributed by atoms with Gasteiger partial charge in [0.2, 0.25) is 5.88 Å². The molecule has 2 aromatic heterocycles. The number of aromatic nitrogens is 3. The summed E-state index contributed by atoms with van der Waals surface area (Å²) in [6.45, 7) is 3.76. The van der Waals surface area contributed by atoms with Gasteiger partial charge in [0.15, 0.2) is 0 Å². The quantitative estimate of drug-likeness (QED) is 0.859. The van der Waals surface area contributed by atoms with Crippen molar-refractivity contribution in [2.24, 2.45) is 0 Å². The maximum atomic E-state index is 12.0. The van der Waals surface area contributed by atoms with Crippen LogP contribution in [0.4, 0.5) is 0 Å². The van der Waals surface area contributed by atoms with Crippen LogP contribution in [0.2, 0.25) is 0 Å². The summed E-state index contributed by atoms with van der Waals surface area (Å²) in [7, 11) is 0. The molecule has 4 rings (SSSR count). The van der Waals surface area contributed by atoms with E-state index in [0.717, 1.165) is 43.5 Å². The number of hydrogen-bond donors (Lipinski definition) is 1. The minimum Gasteiger partial charge on any atom is -0.473 e. The van der Waals surface area contributed by atoms with E-state index >= 15 is 0 Å². The van der Waals surface area contributed by atoms with Crippen molar-refractivity contribution in [1.82, 2.24) is 19.9 Å². The van der Waals surface area contributed by atoms with Crippen LogP contribution in [0.15, 0.2) is 35.4 Å². The lowest BCUT2D eigenvalue weighted by atomic mass is 10.2. The van der Waals surface area contributed by atoms with Crippen LogP contribution in [-0.2, 0) is 6.42 Å². The number of rotatable bonds is 5. The zero-order valence-electron chi connectivity index (χ0n) is 15.9. The monoisotopic (exact) mass is 377 g/mol. The number of nitrogens with zero attached hydrogens (tertiary/aromatic N) is 4. The van der Waals surface area contributed by atoms with E-state index in [-0.39, 0.29) is 11.7 Å². The topological polar surface area (TPSA) is 94.9 Å². The molecule has 1 aliphatic carbocycles. The highest BCUT2D eigenvalue weighted by molar-refractivity contribution is 5.62. The molecule has 1 saturated heterocycles. The fourth-order valence-electron chi connectivity index (χ4n) is 3.86. The molecule has 2 aliphatic rings. The first kappa shape index (κ1) is 18.4. The summed E-state index contributed by atoms with van der Waals surface area (Å²) in [5.41, 5.74) is 2.32. The average Bonchev–Trinajstić information content (AvgIpc) is 3.38. The second-order valence-corrected chi connectivity index (χ2v) is 7.26. The number of nitriles is 1. The normalized spacial score (nSPS) is 22.1. The third kappa shape index (κ3) is 3.82. The van der Waals surface area contributed by atoms with Gasteiger partial charge in [-0.05, 0) is 37.3 Å². The standard InChI is InChI=1S/C21H23N5O2/c1-2-15-12-24-20(25-21(15)27)16-4-5-17(9-16)26-8-7-18(13-26)28-19-6-3-14(10-22)11-23-19/h3,6,9,11-12,17-18H,2,4-5,7-8,13H2,1H3,(H,24,25,27)/t17?,18-/m1/s1. The van der Waals surface area contributed by atoms with Crippen LogP contribution in [0.25, 0.3) is 5.57 Å². The molecule has 7 nitrogen and oxygen atoms in total. The maximum Gasteiger partial charge on any atom is 0.254 e. The van der Waals surface area contributed by atoms with E-state index in [0.29, 0.717) is 29.7 Å². The van der Waals surface area contributed by atoms with Gasteiger partial charge in [0.1, 0.15) is 18.0 Å². The highest BCUT2D eigenvalue weighted by Crippen LogP contribution is 2.30. The minimum absolute atomic E-state index is 0.0404. The summed E-state index contributed by atoms with van der Waals surface area (Å²) in [5, 5.41) is 8.85. The second kappa shape index (κ2) is 7.95. The van der Waals surface area contributed by atoms with Crippen LogP contribution < -0.4 is 10.3 Å². The number of pyridine rings is 1. The van der Waals surface area contributed by atoms with Gasteiger partial charge in [0.05, 0.1) is 5.56 Å². The van der Waals surface area contributed by atoms with Crippen molar-refractivity contribution in [2.75, 3.05) is 13.1 Å². The first-order valence-electron chi connectivity index (χ1n) is 9.72. The third-order valence-corrected chi connectivity index (χ3v) is 5.46. The van der Waals surface area contributed by atoms with Gasteiger partial charge in [-0.3, -0.25) is 9.69 Å². The van der Waals surface area contributed by atoms with E-state index in [2.05, 4.69) is 32.0 Å². The first-order chi connectivity index (χ1) is 13.7. The van der Waals surface area contributed by atoms with Crippen molar-refractivity contribution in [2.45, 2.75) is 44.8 Å². The molecule has 7 heteroatoms. The van der Waals surface area contributed by atoms with E-state index in [4.69, 9.17) is 10.00 Å². The van der Waals surface area contributed by atoms with Crippen molar-refractivity contribution in [3.63, 3.8) is 0 Å². The lowest BCUT2D eigenvalue weighted by Crippen LogP contribution is -2.32. The van der Waals surface area contributed by atoms with Gasteiger partial charge in [-0.2, -0.15) is 5.26 Å². The van der Waals surface area contributed by atoms with Crippen molar-refractivity contribution in [3.05, 3.63) is 57.9 Å². The maximum absolute atomic E-state index is 12.0. The second-order valence-electron chi connectivity index (χ2n) is 7.26. The van der Waals surface area contributed by atoms with Gasteiger partial charge in [-0.25, -0.2) is 9.97 Å². The molecule has 1 unspecified atom stereocenters. The number of likely N-dealkylation sites (tertiary alicyclic amines) is 1. The van der Waals surface area contributed by atoms with E-state index in [1.54, 1.807) is 18.3 Å². The van der Waals surface area contributed by atoms with Crippen molar-refractivity contribution >= 4 is 5.57 Å². The number of nitrogens with one attached hydrogen (secondary N) is 1. The fourth-order valence-corrected chi connectivity index (χ4v) is 3.86. The van der Waals surface area contributed by atoms with Gasteiger partial charge < -0.3 is 9.72 Å². The predicted octanol–water partition coefficient (Wildman–Crippen LogP) is 2.30. The molecule has 1 N–H and O–H groups in total. The molecule has 3 heterocycles. The molecule has 0 aromatic carbocycles. The number of H-pyrrole nitrogens is 1. The lowest BCUT2D eigenvalue weighted by Gasteiger charge is -2.22. The Morgan fingerprint density at radius 2 is 2.21 bits per heavy atom. The molecule has 144 valence electrons. The van der Waals surface area contributed by atoms with Crippen molar-refractivity contribution in [1.29, 1.82) is 5.26 Å². The molecule has 0 saturated carbocycles. The number of aryl methyl sites for hydroxylation is 1. The summed E-state index contributed by atoms with van der Waals surface area (Å²) in [5.74, 6) is 1.25. The highest BCUT2D eigenvalue weighted by atomic mass is 16.5. The smallest absolute Gasteiger partial charge is 0.254 e. The van der Waals surface area contributed by atoms with E-state index in [9.17, 15) is 4.79 Å². The Balaban J connectivity index is 1.38. The minimum atomic E-state index is -0.0404. The van der Waals surface area contributed by atoms with Gasteiger partial charge in [0.25, 0.3) is 5.56 Å². The van der Waals surface area contributed by atoms with Crippen LogP contribution in [0.3, 0.4) is 0 Å². The fraction of sp³-hybridized carbons (Fsp3) is 0.429. The molecule has 2 atom stereocenters. The summed E-state index contributed by atoms with van der Waals surface area (Å²) < 4.78 is 5.97. The molecule has 0 spiro atoms. The van der Waals surface area contributed by atoms with Gasteiger partial charge >= 0.3 is 0 Å². The average molecular weight is 377 g/mol. The molecule has 0 bridgehead atoms. The molecule has 0 amide bonds. The van der Waals surface area contributed by atoms with E-state index in [1.165, 1.54) is 6.20 Å². The number of allylic oxidation sites excluding steroid dienone is 1. The predicted molar refractivity (Wildman–Crippen MR) is 105 cm³/mol. The van der Waals surface area contributed by atoms with E-state index in [1.807, 2.05) is 6.92 Å². The summed E-state index contributed by atoms with van der Waals surface area (Å²) >= 11 is 0. The van der Waals surface area contributed by atoms with Gasteiger partial charge in [-0.1, -0.05) is 13.0 Å². The zero-order valence-corrected chi connectivity index (χ0v) is 15.9. The highest BCUT2D eigenvalue weighted by Gasteiger charge is 2.31. The van der Waals surface area contributed by atoms with Crippen LogP contribution in [0.5, 0.6) is 5.88 Å². The molecular formula is C21H23N5O2. The molecular weight excluding hydrogens is 354 g/mol. The molecule has 2 aromatic rings. The van der Waals surface area contributed by atoms with Crippen molar-refractivity contribution in [3.8, 4) is 11.9 Å². The van der Waals surface area contributed by atoms with Gasteiger partial charge in [-0.15, -0.1) is 0 Å². The summed E-state index contributed by atoms with van der Waals surface area (Å²) in [4.78, 5) is 26.0. The first-order valence-corrected chi connectivity index (χ1v) is 9.72. The Hall–Kier alpha value is -2.98. The van der Waals surface area contributed by atoms with Crippen LogP contribution in [0, 0.1) is 11.3 Å². The summed E-state index contributed by atoms with van der Waals surface area (Å²) in [6, 6.07) is 5.87. The molecule has 1 fully saturated rings. The van der Waals surface area contributed by atoms with Crippen LogP contribution in [-0.4, -0.2) is 45.1 Å². The largest absolute Gasteiger partial charge is 0.473 e. The Kier molecular flexibility index (Phi) is 5.22. The SMILES string of the molecule is CCc1cnc(C2=CC(N3CC[C@@H](Oc4ccc(C#N)cn4)C3)CC2)[nH]c1=O. The van der Waals surface area contributed by atoms with Gasteiger partial charge in [0, 0.05) is 43.2 Å². The number of aromatic amines is 1. The Labute approximate surface area is 163 Å². The zero-order chi connectivity index (χ0) is 19.5. The lowest BCUT2D eigenvalue weighted by molar-refractivity contribution is 0.183. The summed E-state index contributed by atoms with van der Waals surface area (Å²) in [6.07, 6.45) is 9.12. The Bertz CT molecular complexity index is 974. The Morgan fingerprint density at radius 1 is 1.32 bits per heavy atom. The Morgan fingerprint density at radius 3 is 2.93 bits per heavy atom. The number of ether oxygens (including phenoxy) is 1. The third-order valence-electron chi connectivity index (χ3n) is 5.46. The van der Waals surface area contributed by atoms with Crippen LogP contribution >= 0.6 is 0 Å². The number of hydrogen-bond acceptors (Lipinski definition) is 6. The molecule has 28 heavy (non-hydrogen) atoms. The van der Waals surface area contributed by atoms with Crippen LogP contribution in [0.1, 0.15) is 43.1 Å². The van der Waals surface area contributed by atoms with Crippen molar-refractivity contribution < 1.29 is 4.74 Å². The van der Waals surface area contributed by atoms with E-state index < -0.39 is 0 Å². The molecule has 1 aliphatic heterocycles. The molecule has 0 radical (unpaired) electrons.